The highest BCUT2D eigenvalue weighted by Crippen LogP contribution is 2.59. The molecule has 1 spiro atoms. The molecule has 0 aromatic heterocycles. The number of methoxy groups -OCH3 is 1. The Kier molecular flexibility index (Phi) is 2.62. The Bertz CT molecular complexity index is 423. The Morgan fingerprint density at radius 3 is 2.88 bits per heavy atom. The average Bonchev–Trinajstić information content (AvgIpc) is 3.14. The molecule has 1 saturated carbocycles. The van der Waals surface area contributed by atoms with Gasteiger partial charge in [-0.1, -0.05) is 6.07 Å². The Balaban J connectivity index is 1.96. The molecule has 2 aliphatic carbocycles. The topological polar surface area (TPSA) is 35.2 Å². The van der Waals surface area contributed by atoms with Gasteiger partial charge in [0.05, 0.1) is 7.11 Å². The molecule has 2 N–H and O–H groups in total. The van der Waals surface area contributed by atoms with E-state index in [0.717, 1.165) is 18.2 Å². The van der Waals surface area contributed by atoms with Crippen molar-refractivity contribution in [1.82, 2.24) is 0 Å². The molecule has 1 fully saturated rings. The van der Waals surface area contributed by atoms with Gasteiger partial charge >= 0.3 is 0 Å². The van der Waals surface area contributed by atoms with E-state index < -0.39 is 0 Å². The average molecular weight is 231 g/mol. The van der Waals surface area contributed by atoms with Crippen LogP contribution in [0.1, 0.15) is 36.8 Å². The minimum absolute atomic E-state index is 0.485. The Labute approximate surface area is 103 Å². The second kappa shape index (κ2) is 4.02. The van der Waals surface area contributed by atoms with Crippen molar-refractivity contribution in [2.24, 2.45) is 11.7 Å². The number of aryl methyl sites for hydroxylation is 1. The smallest absolute Gasteiger partial charge is 0.119 e. The van der Waals surface area contributed by atoms with Gasteiger partial charge in [-0.25, -0.2) is 0 Å². The maximum atomic E-state index is 5.75. The van der Waals surface area contributed by atoms with Crippen molar-refractivity contribution in [2.75, 3.05) is 13.7 Å². The van der Waals surface area contributed by atoms with Crippen molar-refractivity contribution < 1.29 is 4.74 Å². The van der Waals surface area contributed by atoms with Crippen molar-refractivity contribution in [3.05, 3.63) is 29.3 Å². The molecule has 1 aromatic carbocycles. The monoisotopic (exact) mass is 231 g/mol. The van der Waals surface area contributed by atoms with Gasteiger partial charge in [-0.05, 0) is 73.2 Å². The maximum Gasteiger partial charge on any atom is 0.119 e. The zero-order chi connectivity index (χ0) is 11.9. The summed E-state index contributed by atoms with van der Waals surface area (Å²) in [7, 11) is 1.74. The van der Waals surface area contributed by atoms with Crippen LogP contribution >= 0.6 is 0 Å². The Hall–Kier alpha value is -1.02. The Morgan fingerprint density at radius 2 is 2.24 bits per heavy atom. The summed E-state index contributed by atoms with van der Waals surface area (Å²) in [6.45, 7) is 0.831. The predicted octanol–water partition coefficient (Wildman–Crippen LogP) is 2.64. The summed E-state index contributed by atoms with van der Waals surface area (Å²) in [6.07, 6.45) is 6.40. The molecule has 0 bridgehead atoms. The summed E-state index contributed by atoms with van der Waals surface area (Å²) in [5.41, 5.74) is 9.33. The first kappa shape index (κ1) is 11.1. The molecule has 1 aromatic rings. The van der Waals surface area contributed by atoms with E-state index in [0.29, 0.717) is 5.41 Å². The first-order valence-corrected chi connectivity index (χ1v) is 6.67. The number of nitrogens with two attached hydrogens (primary N) is 1. The molecule has 1 atom stereocenters. The van der Waals surface area contributed by atoms with E-state index >= 15 is 0 Å². The van der Waals surface area contributed by atoms with Crippen molar-refractivity contribution in [3.8, 4) is 5.75 Å². The summed E-state index contributed by atoms with van der Waals surface area (Å²) in [4.78, 5) is 0. The molecule has 2 aliphatic rings. The fourth-order valence-corrected chi connectivity index (χ4v) is 3.65. The van der Waals surface area contributed by atoms with Crippen molar-refractivity contribution in [2.45, 2.75) is 37.5 Å². The van der Waals surface area contributed by atoms with Gasteiger partial charge in [-0.15, -0.1) is 0 Å². The van der Waals surface area contributed by atoms with Crippen molar-refractivity contribution in [1.29, 1.82) is 0 Å². The molecule has 0 heterocycles. The van der Waals surface area contributed by atoms with Crippen LogP contribution in [0, 0.1) is 5.92 Å². The van der Waals surface area contributed by atoms with Crippen LogP contribution in [-0.4, -0.2) is 13.7 Å². The van der Waals surface area contributed by atoms with Gasteiger partial charge < -0.3 is 10.5 Å². The summed E-state index contributed by atoms with van der Waals surface area (Å²) in [5.74, 6) is 1.81. The summed E-state index contributed by atoms with van der Waals surface area (Å²) in [5, 5.41) is 0. The van der Waals surface area contributed by atoms with Gasteiger partial charge in [-0.2, -0.15) is 0 Å². The molecular formula is C15H21NO. The van der Waals surface area contributed by atoms with Crippen LogP contribution in [0.25, 0.3) is 0 Å². The summed E-state index contributed by atoms with van der Waals surface area (Å²) in [6, 6.07) is 6.64. The summed E-state index contributed by atoms with van der Waals surface area (Å²) >= 11 is 0. The standard InChI is InChI=1S/C15H21NO/c1-17-13-4-5-14-11(10-13)2-3-12(6-9-16)15(14)7-8-15/h4-5,10,12H,2-3,6-9,16H2,1H3. The van der Waals surface area contributed by atoms with E-state index in [1.165, 1.54) is 37.7 Å². The minimum atomic E-state index is 0.485. The lowest BCUT2D eigenvalue weighted by atomic mass is 9.71. The van der Waals surface area contributed by atoms with Crippen LogP contribution in [0.4, 0.5) is 0 Å². The quantitative estimate of drug-likeness (QED) is 0.868. The van der Waals surface area contributed by atoms with E-state index in [9.17, 15) is 0 Å². The second-order valence-electron chi connectivity index (χ2n) is 5.49. The van der Waals surface area contributed by atoms with Crippen LogP contribution in [0.5, 0.6) is 5.75 Å². The third-order valence-corrected chi connectivity index (χ3v) is 4.70. The van der Waals surface area contributed by atoms with Gasteiger partial charge in [-0.3, -0.25) is 0 Å². The lowest BCUT2D eigenvalue weighted by molar-refractivity contribution is 0.333. The van der Waals surface area contributed by atoms with Crippen molar-refractivity contribution in [3.63, 3.8) is 0 Å². The number of fused-ring (bicyclic) bond motifs is 2. The van der Waals surface area contributed by atoms with Gasteiger partial charge in [0, 0.05) is 0 Å². The van der Waals surface area contributed by atoms with Crippen LogP contribution in [0.15, 0.2) is 18.2 Å². The molecule has 3 rings (SSSR count). The fraction of sp³-hybridized carbons (Fsp3) is 0.600. The molecule has 0 saturated heterocycles. The third kappa shape index (κ3) is 1.66. The predicted molar refractivity (Wildman–Crippen MR) is 69.4 cm³/mol. The van der Waals surface area contributed by atoms with Crippen LogP contribution in [0.2, 0.25) is 0 Å². The van der Waals surface area contributed by atoms with Gasteiger partial charge in [0.1, 0.15) is 5.75 Å². The Morgan fingerprint density at radius 1 is 1.41 bits per heavy atom. The molecule has 2 heteroatoms. The number of benzene rings is 1. The number of hydrogen-bond acceptors (Lipinski definition) is 2. The van der Waals surface area contributed by atoms with Crippen molar-refractivity contribution >= 4 is 0 Å². The first-order chi connectivity index (χ1) is 8.30. The van der Waals surface area contributed by atoms with Gasteiger partial charge in [0.15, 0.2) is 0 Å². The highest BCUT2D eigenvalue weighted by molar-refractivity contribution is 5.45. The largest absolute Gasteiger partial charge is 0.497 e. The lowest BCUT2D eigenvalue weighted by Gasteiger charge is -2.34. The number of ether oxygens (including phenoxy) is 1. The van der Waals surface area contributed by atoms with Gasteiger partial charge in [0.2, 0.25) is 0 Å². The third-order valence-electron chi connectivity index (χ3n) is 4.70. The lowest BCUT2D eigenvalue weighted by Crippen LogP contribution is -2.29. The normalized spacial score (nSPS) is 24.5. The van der Waals surface area contributed by atoms with E-state index in [2.05, 4.69) is 18.2 Å². The molecular weight excluding hydrogens is 210 g/mol. The van der Waals surface area contributed by atoms with E-state index in [1.807, 2.05) is 0 Å². The SMILES string of the molecule is COc1ccc2c(c1)CCC(CCN)C21CC1. The first-order valence-electron chi connectivity index (χ1n) is 6.67. The molecule has 2 nitrogen and oxygen atoms in total. The van der Waals surface area contributed by atoms with E-state index in [1.54, 1.807) is 12.7 Å². The number of hydrogen-bond donors (Lipinski definition) is 1. The zero-order valence-electron chi connectivity index (χ0n) is 10.5. The fourth-order valence-electron chi connectivity index (χ4n) is 3.65. The molecule has 0 radical (unpaired) electrons. The molecule has 0 aliphatic heterocycles. The molecule has 1 unspecified atom stereocenters. The summed E-state index contributed by atoms with van der Waals surface area (Å²) < 4.78 is 5.32. The van der Waals surface area contributed by atoms with Gasteiger partial charge in [0.25, 0.3) is 0 Å². The van der Waals surface area contributed by atoms with Crippen LogP contribution < -0.4 is 10.5 Å². The molecule has 0 amide bonds. The second-order valence-corrected chi connectivity index (χ2v) is 5.49. The molecule has 92 valence electrons. The minimum Gasteiger partial charge on any atom is -0.497 e. The highest BCUT2D eigenvalue weighted by Gasteiger charge is 2.52. The maximum absolute atomic E-state index is 5.75. The van der Waals surface area contributed by atoms with E-state index in [-0.39, 0.29) is 0 Å². The zero-order valence-corrected chi connectivity index (χ0v) is 10.5. The highest BCUT2D eigenvalue weighted by atomic mass is 16.5. The van der Waals surface area contributed by atoms with Crippen LogP contribution in [0.3, 0.4) is 0 Å². The van der Waals surface area contributed by atoms with E-state index in [4.69, 9.17) is 10.5 Å². The van der Waals surface area contributed by atoms with Crippen LogP contribution in [-0.2, 0) is 11.8 Å². The molecule has 17 heavy (non-hydrogen) atoms. The number of rotatable bonds is 3.